The lowest BCUT2D eigenvalue weighted by molar-refractivity contribution is -0.136. The predicted octanol–water partition coefficient (Wildman–Crippen LogP) is 3.65. The lowest BCUT2D eigenvalue weighted by Gasteiger charge is -2.12. The molecule has 2 aromatic carbocycles. The van der Waals surface area contributed by atoms with Crippen molar-refractivity contribution in [2.24, 2.45) is 0 Å². The second-order valence-corrected chi connectivity index (χ2v) is 5.88. The molecule has 0 saturated heterocycles. The molecule has 4 nitrogen and oxygen atoms in total. The molecule has 0 bridgehead atoms. The van der Waals surface area contributed by atoms with Crippen LogP contribution in [0.1, 0.15) is 11.1 Å². The van der Waals surface area contributed by atoms with Gasteiger partial charge >= 0.3 is 0 Å². The van der Waals surface area contributed by atoms with Gasteiger partial charge in [0.15, 0.2) is 11.6 Å². The zero-order chi connectivity index (χ0) is 18.8. The fourth-order valence-corrected chi connectivity index (χ4v) is 2.69. The van der Waals surface area contributed by atoms with E-state index in [1.165, 1.54) is 12.1 Å². The summed E-state index contributed by atoms with van der Waals surface area (Å²) in [7, 11) is 0. The number of nitrogens with one attached hydrogen (secondary N) is 1. The van der Waals surface area contributed by atoms with Crippen molar-refractivity contribution in [2.45, 2.75) is 6.92 Å². The molecular weight excluding hydrogens is 338 g/mol. The summed E-state index contributed by atoms with van der Waals surface area (Å²) in [4.78, 5) is 26.5. The number of benzene rings is 2. The molecule has 1 aliphatic rings. The summed E-state index contributed by atoms with van der Waals surface area (Å²) in [5, 5.41) is 2.77. The van der Waals surface area contributed by atoms with Crippen LogP contribution in [-0.4, -0.2) is 23.3 Å². The molecule has 2 aromatic rings. The van der Waals surface area contributed by atoms with Crippen molar-refractivity contribution in [1.82, 2.24) is 4.90 Å². The van der Waals surface area contributed by atoms with E-state index in [-0.39, 0.29) is 23.5 Å². The van der Waals surface area contributed by atoms with Gasteiger partial charge in [0.2, 0.25) is 0 Å². The van der Waals surface area contributed by atoms with E-state index in [4.69, 9.17) is 0 Å². The molecule has 0 fully saturated rings. The Balaban J connectivity index is 2.08. The molecule has 0 saturated carbocycles. The van der Waals surface area contributed by atoms with Gasteiger partial charge in [0.05, 0.1) is 5.57 Å². The first-order valence-electron chi connectivity index (χ1n) is 7.93. The van der Waals surface area contributed by atoms with Gasteiger partial charge in [0.25, 0.3) is 11.8 Å². The van der Waals surface area contributed by atoms with Gasteiger partial charge in [-0.15, -0.1) is 6.58 Å². The number of amides is 2. The Labute approximate surface area is 149 Å². The van der Waals surface area contributed by atoms with Crippen LogP contribution in [0.25, 0.3) is 5.57 Å². The van der Waals surface area contributed by atoms with Crippen molar-refractivity contribution in [3.8, 4) is 0 Å². The maximum Gasteiger partial charge on any atom is 0.278 e. The monoisotopic (exact) mass is 354 g/mol. The van der Waals surface area contributed by atoms with Crippen molar-refractivity contribution < 1.29 is 18.4 Å². The van der Waals surface area contributed by atoms with Gasteiger partial charge < -0.3 is 5.32 Å². The SMILES string of the molecule is C=CCN1C(=O)C(Nc2ccc(F)c(F)c2)=C(c2ccc(C)cc2)C1=O. The number of carbonyl (C=O) groups excluding carboxylic acids is 2. The molecule has 0 aromatic heterocycles. The van der Waals surface area contributed by atoms with Gasteiger partial charge in [-0.1, -0.05) is 35.9 Å². The first-order valence-corrected chi connectivity index (χ1v) is 7.93. The highest BCUT2D eigenvalue weighted by Gasteiger charge is 2.38. The number of carbonyl (C=O) groups is 2. The molecule has 1 N–H and O–H groups in total. The third-order valence-corrected chi connectivity index (χ3v) is 4.01. The molecule has 1 aliphatic heterocycles. The first kappa shape index (κ1) is 17.5. The summed E-state index contributed by atoms with van der Waals surface area (Å²) < 4.78 is 26.6. The Morgan fingerprint density at radius 1 is 1.04 bits per heavy atom. The van der Waals surface area contributed by atoms with E-state index in [1.54, 1.807) is 12.1 Å². The van der Waals surface area contributed by atoms with Gasteiger partial charge in [-0.3, -0.25) is 14.5 Å². The Morgan fingerprint density at radius 3 is 2.35 bits per heavy atom. The minimum atomic E-state index is -1.05. The Hall–Kier alpha value is -3.28. The van der Waals surface area contributed by atoms with Crippen LogP contribution in [0.3, 0.4) is 0 Å². The fraction of sp³-hybridized carbons (Fsp3) is 0.100. The van der Waals surface area contributed by atoms with Crippen molar-refractivity contribution in [1.29, 1.82) is 0 Å². The van der Waals surface area contributed by atoms with E-state index in [9.17, 15) is 18.4 Å². The molecular formula is C20H16F2N2O2. The summed E-state index contributed by atoms with van der Waals surface area (Å²) in [6.45, 7) is 5.52. The van der Waals surface area contributed by atoms with Crippen LogP contribution in [-0.2, 0) is 9.59 Å². The number of hydrogen-bond acceptors (Lipinski definition) is 3. The van der Waals surface area contributed by atoms with Crippen molar-refractivity contribution in [2.75, 3.05) is 11.9 Å². The summed E-state index contributed by atoms with van der Waals surface area (Å²) in [6.07, 6.45) is 1.45. The van der Waals surface area contributed by atoms with Gasteiger partial charge in [-0.2, -0.15) is 0 Å². The number of anilines is 1. The van der Waals surface area contributed by atoms with E-state index in [2.05, 4.69) is 11.9 Å². The maximum absolute atomic E-state index is 13.5. The molecule has 6 heteroatoms. The van der Waals surface area contributed by atoms with Crippen LogP contribution >= 0.6 is 0 Å². The number of imide groups is 1. The lowest BCUT2D eigenvalue weighted by Crippen LogP contribution is -2.32. The van der Waals surface area contributed by atoms with E-state index in [0.29, 0.717) is 5.56 Å². The molecule has 0 unspecified atom stereocenters. The van der Waals surface area contributed by atoms with Crippen LogP contribution in [0.15, 0.2) is 60.8 Å². The summed E-state index contributed by atoms with van der Waals surface area (Å²) >= 11 is 0. The largest absolute Gasteiger partial charge is 0.350 e. The van der Waals surface area contributed by atoms with Gasteiger partial charge in [-0.05, 0) is 24.6 Å². The molecule has 1 heterocycles. The van der Waals surface area contributed by atoms with E-state index < -0.39 is 23.4 Å². The number of halogens is 2. The zero-order valence-electron chi connectivity index (χ0n) is 14.1. The molecule has 0 aliphatic carbocycles. The van der Waals surface area contributed by atoms with Crippen molar-refractivity contribution in [3.05, 3.63) is 83.6 Å². The average Bonchev–Trinajstić information content (AvgIpc) is 2.84. The summed E-state index contributed by atoms with van der Waals surface area (Å²) in [5.74, 6) is -3.06. The fourth-order valence-electron chi connectivity index (χ4n) is 2.69. The number of aryl methyl sites for hydroxylation is 1. The van der Waals surface area contributed by atoms with Crippen LogP contribution in [0.5, 0.6) is 0 Å². The Bertz CT molecular complexity index is 933. The molecule has 0 atom stereocenters. The van der Waals surface area contributed by atoms with Crippen LogP contribution < -0.4 is 5.32 Å². The van der Waals surface area contributed by atoms with Gasteiger partial charge in [0, 0.05) is 18.3 Å². The Morgan fingerprint density at radius 2 is 1.73 bits per heavy atom. The molecule has 2 amide bonds. The summed E-state index contributed by atoms with van der Waals surface area (Å²) in [5.41, 5.74) is 1.94. The topological polar surface area (TPSA) is 49.4 Å². The normalized spacial score (nSPS) is 14.2. The highest BCUT2D eigenvalue weighted by Crippen LogP contribution is 2.30. The third kappa shape index (κ3) is 3.13. The molecule has 0 spiro atoms. The Kier molecular flexibility index (Phi) is 4.67. The minimum Gasteiger partial charge on any atom is -0.350 e. The minimum absolute atomic E-state index is 0.0201. The highest BCUT2D eigenvalue weighted by atomic mass is 19.2. The molecule has 0 radical (unpaired) electrons. The standard InChI is InChI=1S/C20H16F2N2O2/c1-3-10-24-19(25)17(13-6-4-12(2)5-7-13)18(20(24)26)23-14-8-9-15(21)16(22)11-14/h3-9,11,23H,1,10H2,2H3. The smallest absolute Gasteiger partial charge is 0.278 e. The second kappa shape index (κ2) is 6.92. The van der Waals surface area contributed by atoms with Crippen molar-refractivity contribution in [3.63, 3.8) is 0 Å². The lowest BCUT2D eigenvalue weighted by atomic mass is 10.0. The number of nitrogens with zero attached hydrogens (tertiary/aromatic N) is 1. The average molecular weight is 354 g/mol. The number of hydrogen-bond donors (Lipinski definition) is 1. The number of rotatable bonds is 5. The zero-order valence-corrected chi connectivity index (χ0v) is 14.1. The van der Waals surface area contributed by atoms with Crippen LogP contribution in [0, 0.1) is 18.6 Å². The van der Waals surface area contributed by atoms with Crippen molar-refractivity contribution >= 4 is 23.1 Å². The molecule has 3 rings (SSSR count). The molecule has 26 heavy (non-hydrogen) atoms. The first-order chi connectivity index (χ1) is 12.4. The van der Waals surface area contributed by atoms with Crippen LogP contribution in [0.2, 0.25) is 0 Å². The molecule has 132 valence electrons. The van der Waals surface area contributed by atoms with Crippen LogP contribution in [0.4, 0.5) is 14.5 Å². The highest BCUT2D eigenvalue weighted by molar-refractivity contribution is 6.36. The third-order valence-electron chi connectivity index (χ3n) is 4.01. The predicted molar refractivity (Wildman–Crippen MR) is 95.0 cm³/mol. The quantitative estimate of drug-likeness (QED) is 0.659. The maximum atomic E-state index is 13.5. The van der Waals surface area contributed by atoms with Gasteiger partial charge in [0.1, 0.15) is 5.70 Å². The van der Waals surface area contributed by atoms with E-state index in [0.717, 1.165) is 22.6 Å². The van der Waals surface area contributed by atoms with E-state index in [1.807, 2.05) is 19.1 Å². The van der Waals surface area contributed by atoms with E-state index >= 15 is 0 Å². The summed E-state index contributed by atoms with van der Waals surface area (Å²) in [6, 6.07) is 10.3. The van der Waals surface area contributed by atoms with Gasteiger partial charge in [-0.25, -0.2) is 8.78 Å². The second-order valence-electron chi connectivity index (χ2n) is 5.88.